The maximum Gasteiger partial charge on any atom is 0.262 e. The van der Waals surface area contributed by atoms with Crippen LogP contribution in [0.3, 0.4) is 0 Å². The molecule has 0 radical (unpaired) electrons. The van der Waals surface area contributed by atoms with E-state index >= 15 is 0 Å². The first-order valence-electron chi connectivity index (χ1n) is 8.19. The fraction of sp³-hybridized carbons (Fsp3) is 0.211. The van der Waals surface area contributed by atoms with Crippen molar-refractivity contribution in [1.82, 2.24) is 14.5 Å². The summed E-state index contributed by atoms with van der Waals surface area (Å²) in [5, 5.41) is 1.38. The van der Waals surface area contributed by atoms with Gasteiger partial charge < -0.3 is 9.32 Å². The van der Waals surface area contributed by atoms with Gasteiger partial charge in [0.1, 0.15) is 5.76 Å². The largest absolute Gasteiger partial charge is 0.467 e. The summed E-state index contributed by atoms with van der Waals surface area (Å²) in [5.74, 6) is 0.770. The molecule has 2 heterocycles. The Morgan fingerprint density at radius 3 is 2.96 bits per heavy atom. The van der Waals surface area contributed by atoms with E-state index < -0.39 is 0 Å². The van der Waals surface area contributed by atoms with E-state index in [2.05, 4.69) is 11.6 Å². The molecule has 1 aromatic carbocycles. The highest BCUT2D eigenvalue weighted by atomic mass is 35.5. The number of rotatable bonds is 7. The summed E-state index contributed by atoms with van der Waals surface area (Å²) in [6.45, 7) is 4.38. The zero-order valence-corrected chi connectivity index (χ0v) is 16.3. The SMILES string of the molecule is C=CCn1c(SCC(=O)N(C)Cc2ccco2)nc2ccc(Cl)cc2c1=O. The number of aromatic nitrogens is 2. The highest BCUT2D eigenvalue weighted by Crippen LogP contribution is 2.21. The van der Waals surface area contributed by atoms with Crippen LogP contribution in [0.25, 0.3) is 10.9 Å². The minimum atomic E-state index is -0.207. The summed E-state index contributed by atoms with van der Waals surface area (Å²) >= 11 is 7.22. The first kappa shape index (κ1) is 19.3. The van der Waals surface area contributed by atoms with Crippen molar-refractivity contribution in [1.29, 1.82) is 0 Å². The molecule has 3 aromatic rings. The predicted octanol–water partition coefficient (Wildman–Crippen LogP) is 3.58. The normalized spacial score (nSPS) is 10.9. The topological polar surface area (TPSA) is 68.3 Å². The van der Waals surface area contributed by atoms with Crippen molar-refractivity contribution in [2.75, 3.05) is 12.8 Å². The highest BCUT2D eigenvalue weighted by molar-refractivity contribution is 7.99. The molecule has 0 unspecified atom stereocenters. The van der Waals surface area contributed by atoms with E-state index in [-0.39, 0.29) is 17.2 Å². The van der Waals surface area contributed by atoms with Gasteiger partial charge in [-0.15, -0.1) is 6.58 Å². The summed E-state index contributed by atoms with van der Waals surface area (Å²) in [6, 6.07) is 8.58. The minimum absolute atomic E-state index is 0.0907. The Morgan fingerprint density at radius 1 is 1.44 bits per heavy atom. The van der Waals surface area contributed by atoms with E-state index in [0.717, 1.165) is 0 Å². The van der Waals surface area contributed by atoms with Gasteiger partial charge in [-0.2, -0.15) is 0 Å². The lowest BCUT2D eigenvalue weighted by Gasteiger charge is -2.16. The van der Waals surface area contributed by atoms with Crippen LogP contribution in [-0.2, 0) is 17.9 Å². The van der Waals surface area contributed by atoms with Crippen LogP contribution in [0.5, 0.6) is 0 Å². The van der Waals surface area contributed by atoms with Crippen LogP contribution in [0.1, 0.15) is 5.76 Å². The number of hydrogen-bond acceptors (Lipinski definition) is 5. The standard InChI is InChI=1S/C19H18ClN3O3S/c1-3-8-23-18(25)15-10-13(20)6-7-16(15)21-19(23)27-12-17(24)22(2)11-14-5-4-9-26-14/h3-7,9-10H,1,8,11-12H2,2H3. The maximum absolute atomic E-state index is 12.8. The van der Waals surface area contributed by atoms with Crippen LogP contribution in [0.4, 0.5) is 0 Å². The molecular weight excluding hydrogens is 386 g/mol. The zero-order chi connectivity index (χ0) is 19.4. The van der Waals surface area contributed by atoms with Crippen LogP contribution >= 0.6 is 23.4 Å². The van der Waals surface area contributed by atoms with Gasteiger partial charge in [-0.05, 0) is 30.3 Å². The second kappa shape index (κ2) is 8.45. The van der Waals surface area contributed by atoms with Crippen LogP contribution in [0, 0.1) is 0 Å². The average molecular weight is 404 g/mol. The van der Waals surface area contributed by atoms with Gasteiger partial charge in [0.2, 0.25) is 5.91 Å². The number of furan rings is 1. The first-order chi connectivity index (χ1) is 13.0. The number of carbonyl (C=O) groups excluding carboxylic acids is 1. The molecule has 0 atom stereocenters. The lowest BCUT2D eigenvalue weighted by atomic mass is 10.2. The molecule has 27 heavy (non-hydrogen) atoms. The van der Waals surface area contributed by atoms with Crippen molar-refractivity contribution in [3.63, 3.8) is 0 Å². The second-order valence-corrected chi connectivity index (χ2v) is 7.26. The molecule has 6 nitrogen and oxygen atoms in total. The number of hydrogen-bond donors (Lipinski definition) is 0. The van der Waals surface area contributed by atoms with Crippen molar-refractivity contribution in [2.45, 2.75) is 18.2 Å². The summed E-state index contributed by atoms with van der Waals surface area (Å²) < 4.78 is 6.76. The van der Waals surface area contributed by atoms with Crippen LogP contribution < -0.4 is 5.56 Å². The minimum Gasteiger partial charge on any atom is -0.467 e. The Balaban J connectivity index is 1.82. The molecule has 3 rings (SSSR count). The van der Waals surface area contributed by atoms with Gasteiger partial charge >= 0.3 is 0 Å². The Labute approximate surface area is 165 Å². The van der Waals surface area contributed by atoms with Crippen molar-refractivity contribution in [2.24, 2.45) is 0 Å². The first-order valence-corrected chi connectivity index (χ1v) is 9.56. The van der Waals surface area contributed by atoms with Crippen molar-refractivity contribution >= 4 is 40.2 Å². The Bertz CT molecular complexity index is 1030. The van der Waals surface area contributed by atoms with Crippen LogP contribution in [0.15, 0.2) is 63.6 Å². The van der Waals surface area contributed by atoms with Gasteiger partial charge in [0, 0.05) is 18.6 Å². The molecule has 0 aliphatic heterocycles. The number of thioether (sulfide) groups is 1. The van der Waals surface area contributed by atoms with E-state index in [1.165, 1.54) is 16.3 Å². The van der Waals surface area contributed by atoms with E-state index in [4.69, 9.17) is 16.0 Å². The third-order valence-corrected chi connectivity index (χ3v) is 5.11. The third-order valence-electron chi connectivity index (χ3n) is 3.92. The van der Waals surface area contributed by atoms with E-state index in [1.54, 1.807) is 48.6 Å². The molecule has 0 spiro atoms. The zero-order valence-electron chi connectivity index (χ0n) is 14.7. The second-order valence-electron chi connectivity index (χ2n) is 5.88. The summed E-state index contributed by atoms with van der Waals surface area (Å²) in [6.07, 6.45) is 3.19. The molecule has 0 aliphatic rings. The number of allylic oxidation sites excluding steroid dienone is 1. The number of fused-ring (bicyclic) bond motifs is 1. The fourth-order valence-electron chi connectivity index (χ4n) is 2.53. The van der Waals surface area contributed by atoms with Crippen molar-refractivity contribution in [3.8, 4) is 0 Å². The molecule has 0 saturated carbocycles. The van der Waals surface area contributed by atoms with E-state index in [9.17, 15) is 9.59 Å². The molecule has 0 fully saturated rings. The molecule has 0 bridgehead atoms. The Hall–Kier alpha value is -2.51. The summed E-state index contributed by atoms with van der Waals surface area (Å²) in [7, 11) is 1.71. The maximum atomic E-state index is 12.8. The molecule has 1 amide bonds. The number of nitrogens with zero attached hydrogens (tertiary/aromatic N) is 3. The lowest BCUT2D eigenvalue weighted by molar-refractivity contribution is -0.127. The van der Waals surface area contributed by atoms with Gasteiger partial charge in [0.25, 0.3) is 5.56 Å². The molecule has 0 saturated heterocycles. The van der Waals surface area contributed by atoms with Crippen molar-refractivity contribution < 1.29 is 9.21 Å². The predicted molar refractivity (Wildman–Crippen MR) is 107 cm³/mol. The third kappa shape index (κ3) is 4.43. The van der Waals surface area contributed by atoms with Crippen LogP contribution in [0.2, 0.25) is 5.02 Å². The molecule has 2 aromatic heterocycles. The fourth-order valence-corrected chi connectivity index (χ4v) is 3.66. The average Bonchev–Trinajstić information content (AvgIpc) is 3.16. The van der Waals surface area contributed by atoms with Crippen LogP contribution in [-0.4, -0.2) is 33.2 Å². The van der Waals surface area contributed by atoms with Gasteiger partial charge in [0.15, 0.2) is 5.16 Å². The Kier molecular flexibility index (Phi) is 6.03. The van der Waals surface area contributed by atoms with E-state index in [0.29, 0.717) is 39.9 Å². The van der Waals surface area contributed by atoms with Gasteiger partial charge in [-0.3, -0.25) is 14.2 Å². The summed E-state index contributed by atoms with van der Waals surface area (Å²) in [5.41, 5.74) is 0.338. The molecule has 0 N–H and O–H groups in total. The lowest BCUT2D eigenvalue weighted by Crippen LogP contribution is -2.28. The van der Waals surface area contributed by atoms with Gasteiger partial charge in [-0.1, -0.05) is 29.4 Å². The smallest absolute Gasteiger partial charge is 0.262 e. The monoisotopic (exact) mass is 403 g/mol. The van der Waals surface area contributed by atoms with E-state index in [1.807, 2.05) is 6.07 Å². The number of carbonyl (C=O) groups is 1. The highest BCUT2D eigenvalue weighted by Gasteiger charge is 2.15. The van der Waals surface area contributed by atoms with Gasteiger partial charge in [0.05, 0.1) is 29.5 Å². The molecule has 140 valence electrons. The quantitative estimate of drug-likeness (QED) is 0.342. The number of halogens is 1. The summed E-state index contributed by atoms with van der Waals surface area (Å²) in [4.78, 5) is 31.3. The van der Waals surface area contributed by atoms with Crippen molar-refractivity contribution in [3.05, 3.63) is 70.4 Å². The Morgan fingerprint density at radius 2 is 2.26 bits per heavy atom. The van der Waals surface area contributed by atoms with Gasteiger partial charge in [-0.25, -0.2) is 4.98 Å². The molecule has 0 aliphatic carbocycles. The number of amides is 1. The molecule has 8 heteroatoms. The number of benzene rings is 1. The molecular formula is C19H18ClN3O3S.